The highest BCUT2D eigenvalue weighted by atomic mass is 35.5. The molecule has 24 heavy (non-hydrogen) atoms. The van der Waals surface area contributed by atoms with Gasteiger partial charge in [-0.3, -0.25) is 4.79 Å². The fraction of sp³-hybridized carbons (Fsp3) is 0.353. The van der Waals surface area contributed by atoms with E-state index in [0.717, 1.165) is 18.9 Å². The molecule has 1 amide bonds. The Morgan fingerprint density at radius 2 is 2.08 bits per heavy atom. The van der Waals surface area contributed by atoms with E-state index in [0.29, 0.717) is 5.82 Å². The van der Waals surface area contributed by atoms with Crippen LogP contribution >= 0.6 is 11.6 Å². The third-order valence-electron chi connectivity index (χ3n) is 3.96. The first-order valence-corrected chi connectivity index (χ1v) is 8.28. The smallest absolute Gasteiger partial charge is 0.224 e. The van der Waals surface area contributed by atoms with Gasteiger partial charge in [-0.25, -0.2) is 14.4 Å². The van der Waals surface area contributed by atoms with Crippen molar-refractivity contribution in [1.82, 2.24) is 15.3 Å². The molecule has 126 valence electrons. The van der Waals surface area contributed by atoms with Crippen molar-refractivity contribution in [2.24, 2.45) is 0 Å². The zero-order valence-electron chi connectivity index (χ0n) is 13.1. The van der Waals surface area contributed by atoms with Gasteiger partial charge in [0.05, 0.1) is 13.0 Å². The number of rotatable bonds is 5. The van der Waals surface area contributed by atoms with Gasteiger partial charge in [0, 0.05) is 29.9 Å². The van der Waals surface area contributed by atoms with E-state index in [9.17, 15) is 9.18 Å². The Kier molecular flexibility index (Phi) is 5.25. The van der Waals surface area contributed by atoms with E-state index in [1.807, 2.05) is 6.07 Å². The Hall–Kier alpha value is -2.21. The third kappa shape index (κ3) is 4.00. The Bertz CT molecular complexity index is 714. The molecule has 1 saturated heterocycles. The van der Waals surface area contributed by atoms with Gasteiger partial charge in [0.2, 0.25) is 5.91 Å². The Morgan fingerprint density at radius 3 is 2.83 bits per heavy atom. The molecule has 1 aliphatic rings. The van der Waals surface area contributed by atoms with Gasteiger partial charge in [0.1, 0.15) is 17.5 Å². The molecule has 1 fully saturated rings. The van der Waals surface area contributed by atoms with Crippen molar-refractivity contribution in [3.63, 3.8) is 0 Å². The monoisotopic (exact) mass is 348 g/mol. The summed E-state index contributed by atoms with van der Waals surface area (Å²) in [7, 11) is 0. The van der Waals surface area contributed by atoms with Gasteiger partial charge in [-0.15, -0.1) is 0 Å². The van der Waals surface area contributed by atoms with Gasteiger partial charge < -0.3 is 10.2 Å². The maximum atomic E-state index is 13.7. The number of nitrogens with one attached hydrogen (secondary N) is 1. The zero-order valence-corrected chi connectivity index (χ0v) is 13.9. The van der Waals surface area contributed by atoms with Crippen LogP contribution in [-0.4, -0.2) is 29.0 Å². The Balaban J connectivity index is 1.59. The van der Waals surface area contributed by atoms with Gasteiger partial charge in [-0.2, -0.15) is 0 Å². The normalized spacial score (nSPS) is 14.0. The molecule has 1 N–H and O–H groups in total. The van der Waals surface area contributed by atoms with Crippen LogP contribution in [0.5, 0.6) is 0 Å². The number of amides is 1. The second kappa shape index (κ2) is 7.57. The fourth-order valence-corrected chi connectivity index (χ4v) is 2.93. The molecule has 0 saturated carbocycles. The molecule has 0 aliphatic carbocycles. The van der Waals surface area contributed by atoms with Gasteiger partial charge >= 0.3 is 0 Å². The summed E-state index contributed by atoms with van der Waals surface area (Å²) in [6.07, 6.45) is 3.91. The average molecular weight is 349 g/mol. The quantitative estimate of drug-likeness (QED) is 0.902. The van der Waals surface area contributed by atoms with Crippen molar-refractivity contribution in [2.75, 3.05) is 18.0 Å². The van der Waals surface area contributed by atoms with Gasteiger partial charge in [-0.1, -0.05) is 17.7 Å². The number of hydrogen-bond donors (Lipinski definition) is 1. The van der Waals surface area contributed by atoms with Crippen LogP contribution in [0, 0.1) is 5.82 Å². The minimum Gasteiger partial charge on any atom is -0.357 e. The maximum Gasteiger partial charge on any atom is 0.224 e. The number of nitrogens with zero attached hydrogens (tertiary/aromatic N) is 3. The zero-order chi connectivity index (χ0) is 16.9. The lowest BCUT2D eigenvalue weighted by molar-refractivity contribution is -0.120. The fourth-order valence-electron chi connectivity index (χ4n) is 2.70. The predicted molar refractivity (Wildman–Crippen MR) is 90.4 cm³/mol. The molecule has 1 aromatic heterocycles. The first kappa shape index (κ1) is 16.6. The van der Waals surface area contributed by atoms with Crippen LogP contribution in [0.3, 0.4) is 0 Å². The van der Waals surface area contributed by atoms with E-state index in [1.54, 1.807) is 12.3 Å². The average Bonchev–Trinajstić information content (AvgIpc) is 3.11. The Morgan fingerprint density at radius 1 is 1.29 bits per heavy atom. The lowest BCUT2D eigenvalue weighted by Crippen LogP contribution is -2.27. The molecule has 0 bridgehead atoms. The first-order chi connectivity index (χ1) is 11.6. The first-order valence-electron chi connectivity index (χ1n) is 7.90. The van der Waals surface area contributed by atoms with E-state index >= 15 is 0 Å². The van der Waals surface area contributed by atoms with Crippen LogP contribution in [0.4, 0.5) is 10.2 Å². The van der Waals surface area contributed by atoms with Crippen LogP contribution in [-0.2, 0) is 17.8 Å². The molecule has 0 spiro atoms. The standard InChI is InChI=1S/C17H18ClFN4O/c18-13-4-3-5-14(19)12(13)10-17(24)21-11-15-20-7-6-16(22-15)23-8-1-2-9-23/h3-7H,1-2,8-11H2,(H,21,24). The second-order valence-electron chi connectivity index (χ2n) is 5.68. The highest BCUT2D eigenvalue weighted by molar-refractivity contribution is 6.31. The van der Waals surface area contributed by atoms with Crippen molar-refractivity contribution in [1.29, 1.82) is 0 Å². The largest absolute Gasteiger partial charge is 0.357 e. The third-order valence-corrected chi connectivity index (χ3v) is 4.32. The van der Waals surface area contributed by atoms with Crippen molar-refractivity contribution < 1.29 is 9.18 Å². The molecule has 0 atom stereocenters. The van der Waals surface area contributed by atoms with Gasteiger partial charge in [0.15, 0.2) is 0 Å². The van der Waals surface area contributed by atoms with E-state index in [2.05, 4.69) is 20.2 Å². The number of aromatic nitrogens is 2. The van der Waals surface area contributed by atoms with Gasteiger partial charge in [-0.05, 0) is 31.0 Å². The number of anilines is 1. The van der Waals surface area contributed by atoms with Crippen LogP contribution in [0.25, 0.3) is 0 Å². The molecule has 0 radical (unpaired) electrons. The molecule has 7 heteroatoms. The summed E-state index contributed by atoms with van der Waals surface area (Å²) in [5, 5.41) is 2.96. The Labute approximate surface area is 144 Å². The van der Waals surface area contributed by atoms with Crippen LogP contribution in [0.1, 0.15) is 24.2 Å². The summed E-state index contributed by atoms with van der Waals surface area (Å²) in [6.45, 7) is 2.19. The summed E-state index contributed by atoms with van der Waals surface area (Å²) in [5.74, 6) is 0.610. The molecule has 2 aromatic rings. The molecule has 2 heterocycles. The predicted octanol–water partition coefficient (Wildman–Crippen LogP) is 2.73. The van der Waals surface area contributed by atoms with Crippen molar-refractivity contribution in [3.8, 4) is 0 Å². The number of hydrogen-bond acceptors (Lipinski definition) is 4. The number of benzene rings is 1. The number of halogens is 2. The number of carbonyl (C=O) groups is 1. The van der Waals surface area contributed by atoms with Crippen LogP contribution in [0.15, 0.2) is 30.5 Å². The van der Waals surface area contributed by atoms with Crippen LogP contribution < -0.4 is 10.2 Å². The minimum atomic E-state index is -0.482. The van der Waals surface area contributed by atoms with Gasteiger partial charge in [0.25, 0.3) is 0 Å². The SMILES string of the molecule is O=C(Cc1c(F)cccc1Cl)NCc1nccc(N2CCCC2)n1. The summed E-state index contributed by atoms with van der Waals surface area (Å²) in [5.41, 5.74) is 0.198. The molecular formula is C17H18ClFN4O. The lowest BCUT2D eigenvalue weighted by Gasteiger charge is -2.16. The molecule has 3 rings (SSSR count). The molecule has 1 aromatic carbocycles. The van der Waals surface area contributed by atoms with Crippen molar-refractivity contribution in [2.45, 2.75) is 25.8 Å². The highest BCUT2D eigenvalue weighted by Gasteiger charge is 2.15. The molecule has 1 aliphatic heterocycles. The highest BCUT2D eigenvalue weighted by Crippen LogP contribution is 2.19. The number of carbonyl (C=O) groups excluding carboxylic acids is 1. The topological polar surface area (TPSA) is 58.1 Å². The summed E-state index contributed by atoms with van der Waals surface area (Å²) in [6, 6.07) is 6.24. The van der Waals surface area contributed by atoms with E-state index in [4.69, 9.17) is 11.6 Å². The van der Waals surface area contributed by atoms with E-state index < -0.39 is 5.82 Å². The van der Waals surface area contributed by atoms with Crippen molar-refractivity contribution in [3.05, 3.63) is 52.7 Å². The summed E-state index contributed by atoms with van der Waals surface area (Å²) >= 11 is 5.93. The molecule has 0 unspecified atom stereocenters. The maximum absolute atomic E-state index is 13.7. The summed E-state index contributed by atoms with van der Waals surface area (Å²) in [4.78, 5) is 22.9. The van der Waals surface area contributed by atoms with E-state index in [-0.39, 0.29) is 29.5 Å². The van der Waals surface area contributed by atoms with Crippen LogP contribution in [0.2, 0.25) is 5.02 Å². The minimum absolute atomic E-state index is 0.114. The summed E-state index contributed by atoms with van der Waals surface area (Å²) < 4.78 is 13.7. The van der Waals surface area contributed by atoms with E-state index in [1.165, 1.54) is 25.0 Å². The molecular weight excluding hydrogens is 331 g/mol. The van der Waals surface area contributed by atoms with Crippen molar-refractivity contribution >= 4 is 23.3 Å². The molecule has 5 nitrogen and oxygen atoms in total. The lowest BCUT2D eigenvalue weighted by atomic mass is 10.1. The second-order valence-corrected chi connectivity index (χ2v) is 6.09.